The Morgan fingerprint density at radius 1 is 1.75 bits per heavy atom. The van der Waals surface area contributed by atoms with E-state index in [4.69, 9.17) is 5.73 Å². The van der Waals surface area contributed by atoms with Crippen LogP contribution in [0.25, 0.3) is 0 Å². The van der Waals surface area contributed by atoms with Gasteiger partial charge in [0.15, 0.2) is 0 Å². The van der Waals surface area contributed by atoms with E-state index < -0.39 is 0 Å². The largest absolute Gasteiger partial charge is 0.388 e. The Bertz CT molecular complexity index is 274. The zero-order valence-electron chi connectivity index (χ0n) is 7.37. The minimum atomic E-state index is 0.649. The van der Waals surface area contributed by atoms with Gasteiger partial charge in [-0.3, -0.25) is 4.99 Å². The highest BCUT2D eigenvalue weighted by molar-refractivity contribution is 7.11. The van der Waals surface area contributed by atoms with Crippen LogP contribution in [-0.2, 0) is 6.42 Å². The molecule has 0 atom stereocenters. The van der Waals surface area contributed by atoms with E-state index >= 15 is 0 Å². The van der Waals surface area contributed by atoms with Crippen molar-refractivity contribution in [3.63, 3.8) is 0 Å². The molecule has 0 saturated heterocycles. The molecule has 0 fully saturated rings. The predicted octanol–water partition coefficient (Wildman–Crippen LogP) is 1.37. The lowest BCUT2D eigenvalue weighted by Gasteiger charge is -1.91. The normalized spacial score (nSPS) is 12.0. The molecular formula is C8H13N3S. The number of thiazole rings is 1. The van der Waals surface area contributed by atoms with Crippen LogP contribution in [0.15, 0.2) is 11.2 Å². The van der Waals surface area contributed by atoms with E-state index in [0.717, 1.165) is 18.0 Å². The number of hydrogen-bond donors (Lipinski definition) is 1. The average Bonchev–Trinajstić information content (AvgIpc) is 2.35. The number of nitrogens with zero attached hydrogens (tertiary/aromatic N) is 2. The molecule has 0 bridgehead atoms. The fourth-order valence-electron chi connectivity index (χ4n) is 0.863. The number of rotatable bonds is 3. The molecular weight excluding hydrogens is 170 g/mol. The molecule has 0 aliphatic heterocycles. The summed E-state index contributed by atoms with van der Waals surface area (Å²) in [5, 5.41) is 1.11. The Hall–Kier alpha value is -0.900. The number of hydrogen-bond acceptors (Lipinski definition) is 3. The Balaban J connectivity index is 2.38. The Morgan fingerprint density at radius 2 is 2.50 bits per heavy atom. The maximum Gasteiger partial charge on any atom is 0.0905 e. The van der Waals surface area contributed by atoms with Gasteiger partial charge >= 0.3 is 0 Å². The summed E-state index contributed by atoms with van der Waals surface area (Å²) in [5.41, 5.74) is 5.40. The van der Waals surface area contributed by atoms with Gasteiger partial charge in [0, 0.05) is 24.0 Å². The monoisotopic (exact) mass is 183 g/mol. The fourth-order valence-corrected chi connectivity index (χ4v) is 1.65. The first-order chi connectivity index (χ1) is 5.68. The molecule has 0 amide bonds. The van der Waals surface area contributed by atoms with Gasteiger partial charge in [0.2, 0.25) is 0 Å². The standard InChI is InChI=1S/C8H13N3S/c1-6(9)10-4-3-8-5-11-7(2)12-8/h5H,3-4H2,1-2H3,(H2,9,10). The quantitative estimate of drug-likeness (QED) is 0.568. The molecule has 0 spiro atoms. The van der Waals surface area contributed by atoms with Crippen LogP contribution in [0.2, 0.25) is 0 Å². The van der Waals surface area contributed by atoms with Crippen molar-refractivity contribution in [2.75, 3.05) is 6.54 Å². The van der Waals surface area contributed by atoms with Crippen LogP contribution in [-0.4, -0.2) is 17.4 Å². The van der Waals surface area contributed by atoms with Gasteiger partial charge in [-0.2, -0.15) is 0 Å². The molecule has 12 heavy (non-hydrogen) atoms. The van der Waals surface area contributed by atoms with E-state index in [1.165, 1.54) is 4.88 Å². The second-order valence-electron chi connectivity index (χ2n) is 2.62. The number of aryl methyl sites for hydroxylation is 1. The lowest BCUT2D eigenvalue weighted by Crippen LogP contribution is -2.06. The van der Waals surface area contributed by atoms with Gasteiger partial charge in [0.1, 0.15) is 0 Å². The van der Waals surface area contributed by atoms with Crippen LogP contribution in [0.4, 0.5) is 0 Å². The molecule has 0 radical (unpaired) electrons. The van der Waals surface area contributed by atoms with Crippen molar-refractivity contribution in [3.8, 4) is 0 Å². The predicted molar refractivity (Wildman–Crippen MR) is 52.7 cm³/mol. The SMILES string of the molecule is CC(N)=NCCc1cnc(C)s1. The molecule has 2 N–H and O–H groups in total. The Kier molecular flexibility index (Phi) is 3.22. The summed E-state index contributed by atoms with van der Waals surface area (Å²) in [5.74, 6) is 0.649. The zero-order chi connectivity index (χ0) is 8.97. The van der Waals surface area contributed by atoms with Gasteiger partial charge in [-0.05, 0) is 13.8 Å². The molecule has 0 aliphatic rings. The number of aliphatic imine (C=N–C) groups is 1. The maximum atomic E-state index is 5.40. The third-order valence-corrected chi connectivity index (χ3v) is 2.36. The van der Waals surface area contributed by atoms with Crippen molar-refractivity contribution in [2.45, 2.75) is 20.3 Å². The maximum absolute atomic E-state index is 5.40. The highest BCUT2D eigenvalue weighted by atomic mass is 32.1. The average molecular weight is 183 g/mol. The van der Waals surface area contributed by atoms with E-state index in [-0.39, 0.29) is 0 Å². The van der Waals surface area contributed by atoms with Gasteiger partial charge < -0.3 is 5.73 Å². The molecule has 1 heterocycles. The lowest BCUT2D eigenvalue weighted by molar-refractivity contribution is 0.978. The van der Waals surface area contributed by atoms with E-state index in [0.29, 0.717) is 5.84 Å². The molecule has 1 rings (SSSR count). The third kappa shape index (κ3) is 3.00. The van der Waals surface area contributed by atoms with Gasteiger partial charge in [0.25, 0.3) is 0 Å². The topological polar surface area (TPSA) is 51.3 Å². The highest BCUT2D eigenvalue weighted by Crippen LogP contribution is 2.11. The lowest BCUT2D eigenvalue weighted by atomic mass is 10.4. The van der Waals surface area contributed by atoms with Crippen molar-refractivity contribution in [2.24, 2.45) is 10.7 Å². The molecule has 0 aliphatic carbocycles. The van der Waals surface area contributed by atoms with Crippen molar-refractivity contribution < 1.29 is 0 Å². The van der Waals surface area contributed by atoms with Crippen LogP contribution < -0.4 is 5.73 Å². The van der Waals surface area contributed by atoms with Crippen molar-refractivity contribution in [1.29, 1.82) is 0 Å². The second kappa shape index (κ2) is 4.21. The van der Waals surface area contributed by atoms with Crippen LogP contribution in [0, 0.1) is 6.92 Å². The summed E-state index contributed by atoms with van der Waals surface area (Å²) in [6.45, 7) is 4.58. The van der Waals surface area contributed by atoms with E-state index in [1.807, 2.05) is 13.1 Å². The van der Waals surface area contributed by atoms with Gasteiger partial charge in [0.05, 0.1) is 10.8 Å². The second-order valence-corrected chi connectivity index (χ2v) is 3.94. The summed E-state index contributed by atoms with van der Waals surface area (Å²) in [6.07, 6.45) is 2.85. The molecule has 3 nitrogen and oxygen atoms in total. The molecule has 1 aromatic rings. The summed E-state index contributed by atoms with van der Waals surface area (Å²) in [7, 11) is 0. The summed E-state index contributed by atoms with van der Waals surface area (Å²) in [4.78, 5) is 9.53. The molecule has 0 aromatic carbocycles. The van der Waals surface area contributed by atoms with Crippen LogP contribution in [0.1, 0.15) is 16.8 Å². The molecule has 0 saturated carbocycles. The Labute approximate surface area is 76.4 Å². The van der Waals surface area contributed by atoms with Gasteiger partial charge in [-0.15, -0.1) is 11.3 Å². The van der Waals surface area contributed by atoms with Crippen LogP contribution in [0.3, 0.4) is 0 Å². The van der Waals surface area contributed by atoms with Gasteiger partial charge in [-0.1, -0.05) is 0 Å². The first kappa shape index (κ1) is 9.19. The van der Waals surface area contributed by atoms with Crippen molar-refractivity contribution in [1.82, 2.24) is 4.98 Å². The number of amidine groups is 1. The zero-order valence-corrected chi connectivity index (χ0v) is 8.19. The minimum absolute atomic E-state index is 0.649. The first-order valence-corrected chi connectivity index (χ1v) is 4.68. The van der Waals surface area contributed by atoms with Crippen LogP contribution >= 0.6 is 11.3 Å². The number of nitrogens with two attached hydrogens (primary N) is 1. The van der Waals surface area contributed by atoms with Crippen LogP contribution in [0.5, 0.6) is 0 Å². The van der Waals surface area contributed by atoms with Gasteiger partial charge in [-0.25, -0.2) is 4.98 Å². The number of aromatic nitrogens is 1. The minimum Gasteiger partial charge on any atom is -0.388 e. The summed E-state index contributed by atoms with van der Waals surface area (Å²) in [6, 6.07) is 0. The van der Waals surface area contributed by atoms with Crippen molar-refractivity contribution in [3.05, 3.63) is 16.1 Å². The molecule has 0 unspecified atom stereocenters. The molecule has 4 heteroatoms. The van der Waals surface area contributed by atoms with E-state index in [9.17, 15) is 0 Å². The van der Waals surface area contributed by atoms with Crippen molar-refractivity contribution >= 4 is 17.2 Å². The summed E-state index contributed by atoms with van der Waals surface area (Å²) < 4.78 is 0. The summed E-state index contributed by atoms with van der Waals surface area (Å²) >= 11 is 1.72. The smallest absolute Gasteiger partial charge is 0.0905 e. The molecule has 1 aromatic heterocycles. The highest BCUT2D eigenvalue weighted by Gasteiger charge is 1.96. The molecule has 66 valence electrons. The Morgan fingerprint density at radius 3 is 3.00 bits per heavy atom. The van der Waals surface area contributed by atoms with E-state index in [2.05, 4.69) is 9.98 Å². The van der Waals surface area contributed by atoms with E-state index in [1.54, 1.807) is 18.3 Å². The first-order valence-electron chi connectivity index (χ1n) is 3.86. The fraction of sp³-hybridized carbons (Fsp3) is 0.500. The third-order valence-electron chi connectivity index (χ3n) is 1.39.